The summed E-state index contributed by atoms with van der Waals surface area (Å²) in [4.78, 5) is 0. The quantitative estimate of drug-likeness (QED) is 0.474. The summed E-state index contributed by atoms with van der Waals surface area (Å²) in [5.74, 6) is 0.569. The van der Waals surface area contributed by atoms with Gasteiger partial charge in [-0.2, -0.15) is 8.42 Å². The first kappa shape index (κ1) is 17.9. The number of hydrogen-bond donors (Lipinski definition) is 1. The molecule has 3 aliphatic heterocycles. The van der Waals surface area contributed by atoms with Gasteiger partial charge in [-0.25, -0.2) is 0 Å². The van der Waals surface area contributed by atoms with Gasteiger partial charge in [0.1, 0.15) is 6.54 Å². The van der Waals surface area contributed by atoms with Crippen molar-refractivity contribution in [2.45, 2.75) is 25.7 Å². The predicted octanol–water partition coefficient (Wildman–Crippen LogP) is 3.33. The fraction of sp³-hybridized carbons (Fsp3) is 0.556. The van der Waals surface area contributed by atoms with Crippen molar-refractivity contribution in [1.82, 2.24) is 0 Å². The molecule has 24 heavy (non-hydrogen) atoms. The second-order valence-corrected chi connectivity index (χ2v) is 9.20. The fourth-order valence-corrected chi connectivity index (χ4v) is 4.77. The molecule has 0 aliphatic carbocycles. The average molecular weight is 371 g/mol. The van der Waals surface area contributed by atoms with Crippen LogP contribution < -0.4 is 0 Å². The molecule has 0 radical (unpaired) electrons. The largest absolute Gasteiger partial charge is 0.320 e. The minimum atomic E-state index is -3.85. The van der Waals surface area contributed by atoms with Gasteiger partial charge in [-0.1, -0.05) is 29.8 Å². The Labute approximate surface area is 149 Å². The number of benzene rings is 1. The Morgan fingerprint density at radius 2 is 1.88 bits per heavy atom. The lowest BCUT2D eigenvalue weighted by molar-refractivity contribution is -0.935. The molecule has 0 unspecified atom stereocenters. The summed E-state index contributed by atoms with van der Waals surface area (Å²) in [5, 5.41) is 0.762. The van der Waals surface area contributed by atoms with E-state index in [-0.39, 0.29) is 5.75 Å². The second kappa shape index (κ2) is 7.16. The maximum atomic E-state index is 11.0. The van der Waals surface area contributed by atoms with Crippen molar-refractivity contribution in [1.29, 1.82) is 0 Å². The van der Waals surface area contributed by atoms with Crippen molar-refractivity contribution in [3.63, 3.8) is 0 Å². The third-order valence-corrected chi connectivity index (χ3v) is 6.55. The van der Waals surface area contributed by atoms with Crippen LogP contribution in [-0.2, 0) is 16.5 Å². The number of nitrogens with zero attached hydrogens (tertiary/aromatic N) is 1. The van der Waals surface area contributed by atoms with Crippen LogP contribution in [0.4, 0.5) is 0 Å². The van der Waals surface area contributed by atoms with Gasteiger partial charge in [0.15, 0.2) is 0 Å². The minimum absolute atomic E-state index is 0.125. The van der Waals surface area contributed by atoms with E-state index >= 15 is 0 Å². The van der Waals surface area contributed by atoms with Crippen molar-refractivity contribution >= 4 is 21.7 Å². The summed E-state index contributed by atoms with van der Waals surface area (Å²) in [5.41, 5.74) is 2.79. The van der Waals surface area contributed by atoms with Gasteiger partial charge in [0, 0.05) is 24.3 Å². The van der Waals surface area contributed by atoms with E-state index in [0.717, 1.165) is 42.1 Å². The highest BCUT2D eigenvalue weighted by atomic mass is 35.5. The molecule has 3 fully saturated rings. The lowest BCUT2D eigenvalue weighted by Crippen LogP contribution is -2.59. The lowest BCUT2D eigenvalue weighted by atomic mass is 9.80. The number of fused-ring (bicyclic) bond motifs is 3. The molecule has 0 spiro atoms. The Hall–Kier alpha value is -0.880. The number of hydrogen-bond acceptors (Lipinski definition) is 2. The molecule has 132 valence electrons. The number of rotatable bonds is 6. The first-order chi connectivity index (χ1) is 11.4. The van der Waals surface area contributed by atoms with Crippen LogP contribution in [0.5, 0.6) is 0 Å². The van der Waals surface area contributed by atoms with E-state index in [0.29, 0.717) is 12.3 Å². The Kier molecular flexibility index (Phi) is 5.35. The third kappa shape index (κ3) is 4.60. The zero-order chi connectivity index (χ0) is 17.2. The van der Waals surface area contributed by atoms with Crippen LogP contribution in [0.25, 0.3) is 0 Å². The second-order valence-electron chi connectivity index (χ2n) is 7.19. The predicted molar refractivity (Wildman–Crippen MR) is 96.7 cm³/mol. The highest BCUT2D eigenvalue weighted by Crippen LogP contribution is 2.37. The highest BCUT2D eigenvalue weighted by molar-refractivity contribution is 7.85. The highest BCUT2D eigenvalue weighted by Gasteiger charge is 2.42. The van der Waals surface area contributed by atoms with E-state index in [1.807, 2.05) is 12.1 Å². The molecule has 0 amide bonds. The molecule has 1 aromatic carbocycles. The zero-order valence-electron chi connectivity index (χ0n) is 13.8. The molecule has 4 rings (SSSR count). The Bertz CT molecular complexity index is 704. The molecule has 2 bridgehead atoms. The molecular weight excluding hydrogens is 346 g/mol. The van der Waals surface area contributed by atoms with Gasteiger partial charge in [-0.3, -0.25) is 4.55 Å². The number of allylic oxidation sites excluding steroid dienone is 1. The maximum Gasteiger partial charge on any atom is 0.265 e. The van der Waals surface area contributed by atoms with Gasteiger partial charge in [0.05, 0.1) is 25.4 Å². The van der Waals surface area contributed by atoms with Crippen LogP contribution in [0.3, 0.4) is 0 Å². The van der Waals surface area contributed by atoms with Crippen molar-refractivity contribution in [2.75, 3.05) is 31.9 Å². The van der Waals surface area contributed by atoms with Crippen LogP contribution >= 0.6 is 11.6 Å². The Morgan fingerprint density at radius 3 is 2.50 bits per heavy atom. The summed E-state index contributed by atoms with van der Waals surface area (Å²) in [6.45, 7) is 4.14. The molecule has 0 aromatic heterocycles. The van der Waals surface area contributed by atoms with Gasteiger partial charge in [0.2, 0.25) is 0 Å². The fourth-order valence-electron chi connectivity index (χ4n) is 4.15. The molecule has 6 heteroatoms. The van der Waals surface area contributed by atoms with E-state index in [2.05, 4.69) is 18.2 Å². The molecule has 1 aromatic rings. The van der Waals surface area contributed by atoms with E-state index in [4.69, 9.17) is 16.2 Å². The SMILES string of the molecule is O=S(=O)(O)CCC[N+]12CCC(CC1)/C(=C/Cc1ccc(Cl)cc1)C2. The average Bonchev–Trinajstić information content (AvgIpc) is 2.54. The summed E-state index contributed by atoms with van der Waals surface area (Å²) < 4.78 is 31.8. The smallest absolute Gasteiger partial charge is 0.265 e. The van der Waals surface area contributed by atoms with Gasteiger partial charge < -0.3 is 4.48 Å². The van der Waals surface area contributed by atoms with E-state index in [9.17, 15) is 8.42 Å². The lowest BCUT2D eigenvalue weighted by Gasteiger charge is -2.50. The van der Waals surface area contributed by atoms with E-state index in [1.165, 1.54) is 24.0 Å². The number of halogens is 1. The molecule has 4 nitrogen and oxygen atoms in total. The summed E-state index contributed by atoms with van der Waals surface area (Å²) in [6, 6.07) is 7.99. The standard InChI is InChI=1S/C18H24ClNO3S/c19-18-6-3-15(4-7-18)2-5-17-14-20(10-1-13-24(21,22)23)11-8-16(17)9-12-20/h3-7,16H,1-2,8-14H2/p+1/b17-5+. The zero-order valence-corrected chi connectivity index (χ0v) is 15.4. The summed E-state index contributed by atoms with van der Waals surface area (Å²) in [6.07, 6.45) is 6.21. The summed E-state index contributed by atoms with van der Waals surface area (Å²) >= 11 is 5.93. The van der Waals surface area contributed by atoms with Crippen molar-refractivity contribution < 1.29 is 17.5 Å². The van der Waals surface area contributed by atoms with Crippen LogP contribution in [0.15, 0.2) is 35.9 Å². The normalized spacial score (nSPS) is 28.4. The number of piperidine rings is 3. The van der Waals surface area contributed by atoms with E-state index < -0.39 is 10.1 Å². The summed E-state index contributed by atoms with van der Waals surface area (Å²) in [7, 11) is -3.85. The van der Waals surface area contributed by atoms with Crippen molar-refractivity contribution in [3.8, 4) is 0 Å². The van der Waals surface area contributed by atoms with Gasteiger partial charge in [-0.05, 0) is 35.6 Å². The molecular formula is C18H25ClNO3S+. The molecule has 3 heterocycles. The Morgan fingerprint density at radius 1 is 1.21 bits per heavy atom. The van der Waals surface area contributed by atoms with Crippen molar-refractivity contribution in [3.05, 3.63) is 46.5 Å². The van der Waals surface area contributed by atoms with Crippen molar-refractivity contribution in [2.24, 2.45) is 5.92 Å². The van der Waals surface area contributed by atoms with Crippen LogP contribution in [0.2, 0.25) is 5.02 Å². The first-order valence-corrected chi connectivity index (χ1v) is 10.6. The van der Waals surface area contributed by atoms with Crippen LogP contribution in [-0.4, -0.2) is 49.4 Å². The molecule has 3 aliphatic rings. The van der Waals surface area contributed by atoms with E-state index in [1.54, 1.807) is 0 Å². The molecule has 0 atom stereocenters. The Balaban J connectivity index is 1.63. The van der Waals surface area contributed by atoms with Gasteiger partial charge in [0.25, 0.3) is 10.1 Å². The molecule has 0 saturated carbocycles. The van der Waals surface area contributed by atoms with Crippen LogP contribution in [0.1, 0.15) is 24.8 Å². The van der Waals surface area contributed by atoms with Gasteiger partial charge >= 0.3 is 0 Å². The van der Waals surface area contributed by atoms with Crippen LogP contribution in [0, 0.1) is 5.92 Å². The monoisotopic (exact) mass is 370 g/mol. The number of quaternary nitrogens is 1. The third-order valence-electron chi connectivity index (χ3n) is 5.49. The minimum Gasteiger partial charge on any atom is -0.320 e. The first-order valence-electron chi connectivity index (χ1n) is 8.59. The maximum absolute atomic E-state index is 11.0. The topological polar surface area (TPSA) is 54.4 Å². The van der Waals surface area contributed by atoms with Gasteiger partial charge in [-0.15, -0.1) is 0 Å². The molecule has 3 saturated heterocycles. The molecule has 1 N–H and O–H groups in total.